The monoisotopic (exact) mass is 230 g/mol. The van der Waals surface area contributed by atoms with Gasteiger partial charge in [-0.1, -0.05) is 30.3 Å². The molecule has 2 rings (SSSR count). The van der Waals surface area contributed by atoms with Crippen molar-refractivity contribution in [2.24, 2.45) is 0 Å². The Morgan fingerprint density at radius 3 is 2.82 bits per heavy atom. The summed E-state index contributed by atoms with van der Waals surface area (Å²) in [6.45, 7) is 0.450. The average Bonchev–Trinajstić information content (AvgIpc) is 2.40. The highest BCUT2D eigenvalue weighted by Gasteiger charge is 2.12. The van der Waals surface area contributed by atoms with Gasteiger partial charge in [0, 0.05) is 12.5 Å². The van der Waals surface area contributed by atoms with Crippen LogP contribution in [0.25, 0.3) is 5.57 Å². The fourth-order valence-electron chi connectivity index (χ4n) is 1.73. The number of ether oxygens (including phenoxy) is 2. The summed E-state index contributed by atoms with van der Waals surface area (Å²) in [6, 6.07) is 9.98. The lowest BCUT2D eigenvalue weighted by molar-refractivity contribution is -0.134. The number of hydrogen-bond acceptors (Lipinski definition) is 3. The third-order valence-electron chi connectivity index (χ3n) is 2.58. The molecule has 0 atom stereocenters. The zero-order valence-corrected chi connectivity index (χ0v) is 9.68. The van der Waals surface area contributed by atoms with Gasteiger partial charge in [-0.05, 0) is 16.7 Å². The molecule has 0 N–H and O–H groups in total. The van der Waals surface area contributed by atoms with E-state index in [0.717, 1.165) is 23.1 Å². The summed E-state index contributed by atoms with van der Waals surface area (Å²) < 4.78 is 9.96. The Kier molecular flexibility index (Phi) is 3.60. The van der Waals surface area contributed by atoms with Crippen molar-refractivity contribution in [1.29, 1.82) is 0 Å². The zero-order chi connectivity index (χ0) is 12.1. The molecule has 1 aliphatic heterocycles. The summed E-state index contributed by atoms with van der Waals surface area (Å²) in [5, 5.41) is 0. The van der Waals surface area contributed by atoms with E-state index < -0.39 is 0 Å². The number of methoxy groups -OCH3 is 1. The number of benzene rings is 1. The molecule has 3 heteroatoms. The van der Waals surface area contributed by atoms with Crippen LogP contribution in [-0.2, 0) is 14.3 Å². The van der Waals surface area contributed by atoms with Crippen LogP contribution >= 0.6 is 0 Å². The van der Waals surface area contributed by atoms with E-state index in [1.165, 1.54) is 13.2 Å². The van der Waals surface area contributed by atoms with Crippen molar-refractivity contribution in [1.82, 2.24) is 0 Å². The first-order valence-corrected chi connectivity index (χ1v) is 5.43. The number of carbonyl (C=O) groups is 1. The smallest absolute Gasteiger partial charge is 0.330 e. The first-order chi connectivity index (χ1) is 8.29. The minimum Gasteiger partial charge on any atom is -0.497 e. The van der Waals surface area contributed by atoms with Crippen LogP contribution in [0.1, 0.15) is 12.0 Å². The van der Waals surface area contributed by atoms with Crippen LogP contribution in [0.15, 0.2) is 48.2 Å². The van der Waals surface area contributed by atoms with Gasteiger partial charge in [0.15, 0.2) is 0 Å². The lowest BCUT2D eigenvalue weighted by atomic mass is 9.98. The molecule has 0 saturated carbocycles. The predicted octanol–water partition coefficient (Wildman–Crippen LogP) is 2.55. The fraction of sp³-hybridized carbons (Fsp3) is 0.214. The van der Waals surface area contributed by atoms with Gasteiger partial charge < -0.3 is 9.47 Å². The molecule has 0 unspecified atom stereocenters. The molecule has 0 spiro atoms. The number of hydrogen-bond donors (Lipinski definition) is 0. The van der Waals surface area contributed by atoms with Crippen LogP contribution in [-0.4, -0.2) is 19.7 Å². The summed E-state index contributed by atoms with van der Waals surface area (Å²) in [5.74, 6) is -0.335. The lowest BCUT2D eigenvalue weighted by Gasteiger charge is -2.16. The summed E-state index contributed by atoms with van der Waals surface area (Å²) >= 11 is 0. The lowest BCUT2D eigenvalue weighted by Crippen LogP contribution is -2.06. The molecule has 1 aromatic carbocycles. The Hall–Kier alpha value is -2.03. The Morgan fingerprint density at radius 1 is 1.35 bits per heavy atom. The molecule has 0 fully saturated rings. The topological polar surface area (TPSA) is 35.5 Å². The SMILES string of the molecule is COC(=O)/C=C1/COC=C(c2ccccc2)C1. The van der Waals surface area contributed by atoms with Crippen LogP contribution in [0.3, 0.4) is 0 Å². The van der Waals surface area contributed by atoms with Gasteiger partial charge in [0.25, 0.3) is 0 Å². The van der Waals surface area contributed by atoms with Gasteiger partial charge in [0.2, 0.25) is 0 Å². The summed E-state index contributed by atoms with van der Waals surface area (Å²) in [6.07, 6.45) is 3.97. The second-order valence-electron chi connectivity index (χ2n) is 3.82. The van der Waals surface area contributed by atoms with Crippen molar-refractivity contribution in [2.75, 3.05) is 13.7 Å². The quantitative estimate of drug-likeness (QED) is 0.578. The molecule has 0 bridgehead atoms. The highest BCUT2D eigenvalue weighted by molar-refractivity contribution is 5.83. The van der Waals surface area contributed by atoms with Gasteiger partial charge in [-0.3, -0.25) is 0 Å². The zero-order valence-electron chi connectivity index (χ0n) is 9.68. The Labute approximate surface area is 100 Å². The van der Waals surface area contributed by atoms with E-state index in [2.05, 4.69) is 4.74 Å². The number of rotatable bonds is 2. The van der Waals surface area contributed by atoms with Gasteiger partial charge in [0.05, 0.1) is 13.4 Å². The normalized spacial score (nSPS) is 17.2. The van der Waals surface area contributed by atoms with Gasteiger partial charge >= 0.3 is 5.97 Å². The minimum atomic E-state index is -0.335. The molecule has 0 amide bonds. The largest absolute Gasteiger partial charge is 0.497 e. The summed E-state index contributed by atoms with van der Waals surface area (Å²) in [7, 11) is 1.37. The van der Waals surface area contributed by atoms with Crippen molar-refractivity contribution < 1.29 is 14.3 Å². The second-order valence-corrected chi connectivity index (χ2v) is 3.82. The molecule has 0 aromatic heterocycles. The van der Waals surface area contributed by atoms with Crippen molar-refractivity contribution in [3.63, 3.8) is 0 Å². The van der Waals surface area contributed by atoms with Gasteiger partial charge in [-0.2, -0.15) is 0 Å². The van der Waals surface area contributed by atoms with Crippen molar-refractivity contribution in [3.8, 4) is 0 Å². The molecule has 17 heavy (non-hydrogen) atoms. The Balaban J connectivity index is 2.15. The number of esters is 1. The van der Waals surface area contributed by atoms with Gasteiger partial charge in [-0.15, -0.1) is 0 Å². The van der Waals surface area contributed by atoms with E-state index in [1.54, 1.807) is 6.26 Å². The van der Waals surface area contributed by atoms with Crippen LogP contribution < -0.4 is 0 Å². The molecule has 1 aromatic rings. The van der Waals surface area contributed by atoms with Crippen molar-refractivity contribution >= 4 is 11.5 Å². The van der Waals surface area contributed by atoms with Crippen LogP contribution in [0.4, 0.5) is 0 Å². The van der Waals surface area contributed by atoms with Gasteiger partial charge in [-0.25, -0.2) is 4.79 Å². The van der Waals surface area contributed by atoms with Gasteiger partial charge in [0.1, 0.15) is 6.61 Å². The minimum absolute atomic E-state index is 0.335. The van der Waals surface area contributed by atoms with E-state index in [9.17, 15) is 4.79 Å². The van der Waals surface area contributed by atoms with Crippen LogP contribution in [0.2, 0.25) is 0 Å². The third kappa shape index (κ3) is 2.97. The van der Waals surface area contributed by atoms with E-state index >= 15 is 0 Å². The average molecular weight is 230 g/mol. The number of carbonyl (C=O) groups excluding carboxylic acids is 1. The first kappa shape index (κ1) is 11.5. The van der Waals surface area contributed by atoms with E-state index in [0.29, 0.717) is 6.61 Å². The standard InChI is InChI=1S/C14H14O3/c1-16-14(15)8-11-7-13(10-17-9-11)12-5-3-2-4-6-12/h2-6,8,10H,7,9H2,1H3/b11-8+. The fourth-order valence-corrected chi connectivity index (χ4v) is 1.73. The Bertz CT molecular complexity index is 458. The molecular formula is C14H14O3. The Morgan fingerprint density at radius 2 is 2.12 bits per heavy atom. The van der Waals surface area contributed by atoms with E-state index in [4.69, 9.17) is 4.74 Å². The maximum Gasteiger partial charge on any atom is 0.330 e. The summed E-state index contributed by atoms with van der Waals surface area (Å²) in [5.41, 5.74) is 3.12. The molecule has 0 radical (unpaired) electrons. The molecule has 3 nitrogen and oxygen atoms in total. The molecule has 0 saturated heterocycles. The molecule has 1 heterocycles. The highest BCUT2D eigenvalue weighted by Crippen LogP contribution is 2.26. The van der Waals surface area contributed by atoms with E-state index in [1.807, 2.05) is 30.3 Å². The highest BCUT2D eigenvalue weighted by atomic mass is 16.5. The van der Waals surface area contributed by atoms with Crippen LogP contribution in [0, 0.1) is 0 Å². The maximum atomic E-state index is 11.1. The number of allylic oxidation sites excluding steroid dienone is 1. The molecule has 1 aliphatic rings. The second kappa shape index (κ2) is 5.34. The van der Waals surface area contributed by atoms with Crippen molar-refractivity contribution in [2.45, 2.75) is 6.42 Å². The molecule has 88 valence electrons. The third-order valence-corrected chi connectivity index (χ3v) is 2.58. The van der Waals surface area contributed by atoms with Crippen LogP contribution in [0.5, 0.6) is 0 Å². The first-order valence-electron chi connectivity index (χ1n) is 5.43. The maximum absolute atomic E-state index is 11.1. The summed E-state index contributed by atoms with van der Waals surface area (Å²) in [4.78, 5) is 11.1. The predicted molar refractivity (Wildman–Crippen MR) is 65.1 cm³/mol. The molecular weight excluding hydrogens is 216 g/mol. The van der Waals surface area contributed by atoms with Crippen molar-refractivity contribution in [3.05, 3.63) is 53.8 Å². The molecule has 0 aliphatic carbocycles. The van der Waals surface area contributed by atoms with E-state index in [-0.39, 0.29) is 5.97 Å².